The number of nitrogens with zero attached hydrogens (tertiary/aromatic N) is 6. The molecule has 4 fully saturated rings. The van der Waals surface area contributed by atoms with Gasteiger partial charge in [-0.05, 0) is 105 Å². The Labute approximate surface area is 293 Å². The molecule has 0 bridgehead atoms. The van der Waals surface area contributed by atoms with Crippen LogP contribution in [-0.4, -0.2) is 112 Å². The van der Waals surface area contributed by atoms with E-state index in [0.717, 1.165) is 56.4 Å². The molecule has 270 valence electrons. The van der Waals surface area contributed by atoms with Gasteiger partial charge in [0.05, 0.1) is 11.8 Å². The van der Waals surface area contributed by atoms with Crippen molar-refractivity contribution in [3.63, 3.8) is 0 Å². The normalized spacial score (nSPS) is 25.3. The number of nitrogens with one attached hydrogen (secondary N) is 2. The molecule has 0 spiro atoms. The number of carbonyl (C=O) groups is 2. The highest BCUT2D eigenvalue weighted by Gasteiger charge is 2.40. The highest BCUT2D eigenvalue weighted by molar-refractivity contribution is 5.93. The molecule has 3 N–H and O–H groups in total. The van der Waals surface area contributed by atoms with Gasteiger partial charge in [-0.25, -0.2) is 10.1 Å². The first kappa shape index (κ1) is 35.9. The Morgan fingerprint density at radius 1 is 0.878 bits per heavy atom. The minimum absolute atomic E-state index is 0.0338. The van der Waals surface area contributed by atoms with Gasteiger partial charge < -0.3 is 19.8 Å². The highest BCUT2D eigenvalue weighted by atomic mass is 16.3. The van der Waals surface area contributed by atoms with Gasteiger partial charge in [-0.3, -0.25) is 15.0 Å². The zero-order valence-corrected chi connectivity index (χ0v) is 30.3. The first-order valence-corrected chi connectivity index (χ1v) is 19.0. The van der Waals surface area contributed by atoms with Crippen molar-refractivity contribution in [1.82, 2.24) is 40.5 Å². The largest absolute Gasteiger partial charge is 0.391 e. The van der Waals surface area contributed by atoms with E-state index in [9.17, 15) is 14.7 Å². The van der Waals surface area contributed by atoms with E-state index < -0.39 is 12.1 Å². The van der Waals surface area contributed by atoms with Gasteiger partial charge in [0, 0.05) is 63.5 Å². The molecule has 2 amide bonds. The molecule has 1 saturated carbocycles. The summed E-state index contributed by atoms with van der Waals surface area (Å²) < 4.78 is 1.80. The maximum Gasteiger partial charge on any atom is 0.265 e. The monoisotopic (exact) mass is 676 g/mol. The molecule has 4 aliphatic rings. The molecule has 3 aliphatic heterocycles. The summed E-state index contributed by atoms with van der Waals surface area (Å²) in [6, 6.07) is 7.78. The standard InChI is InChI=1S/C38H60N8O3/c1-5-17-39-41-36(48)32-12-10-29(11-13-32)30-14-18-43(19-15-30)22-28-23-44(24-28)21-27-6-8-31(9-7-27)34-26-46(42-40-34)35(38(2,3)4)37(49)45-20-16-33(47)25-45/h10-13,26-28,30-31,33,35,39,47H,5-9,14-25H2,1-4H3,(H,41,48). The summed E-state index contributed by atoms with van der Waals surface area (Å²) in [5.74, 6) is 2.48. The van der Waals surface area contributed by atoms with Gasteiger partial charge in [0.15, 0.2) is 0 Å². The van der Waals surface area contributed by atoms with Gasteiger partial charge in [-0.2, -0.15) is 0 Å². The number of hydrogen-bond acceptors (Lipinski definition) is 8. The molecule has 0 radical (unpaired) electrons. The number of amides is 2. The van der Waals surface area contributed by atoms with Crippen LogP contribution in [0.15, 0.2) is 30.5 Å². The van der Waals surface area contributed by atoms with E-state index in [4.69, 9.17) is 0 Å². The summed E-state index contributed by atoms with van der Waals surface area (Å²) in [4.78, 5) is 32.9. The third-order valence-electron chi connectivity index (χ3n) is 11.5. The molecule has 11 heteroatoms. The lowest BCUT2D eigenvalue weighted by molar-refractivity contribution is -0.137. The van der Waals surface area contributed by atoms with Crippen LogP contribution in [0.5, 0.6) is 0 Å². The number of aliphatic hydroxyl groups excluding tert-OH is 1. The Balaban J connectivity index is 0.883. The van der Waals surface area contributed by atoms with Gasteiger partial charge >= 0.3 is 0 Å². The Hall–Kier alpha value is -2.86. The smallest absolute Gasteiger partial charge is 0.265 e. The van der Waals surface area contributed by atoms with Gasteiger partial charge in [0.25, 0.3) is 5.91 Å². The third kappa shape index (κ3) is 9.09. The average Bonchev–Trinajstić information content (AvgIpc) is 3.73. The summed E-state index contributed by atoms with van der Waals surface area (Å²) in [5, 5.41) is 19.1. The van der Waals surface area contributed by atoms with Crippen molar-refractivity contribution < 1.29 is 14.7 Å². The number of likely N-dealkylation sites (tertiary alicyclic amines) is 3. The summed E-state index contributed by atoms with van der Waals surface area (Å²) in [7, 11) is 0. The molecule has 4 heterocycles. The lowest BCUT2D eigenvalue weighted by atomic mass is 9.79. The molecule has 3 saturated heterocycles. The van der Waals surface area contributed by atoms with E-state index >= 15 is 0 Å². The fraction of sp³-hybridized carbons (Fsp3) is 0.737. The molecule has 2 aromatic rings. The zero-order chi connectivity index (χ0) is 34.5. The number of benzene rings is 1. The summed E-state index contributed by atoms with van der Waals surface area (Å²) in [5.41, 5.74) is 8.51. The van der Waals surface area contributed by atoms with E-state index in [1.165, 1.54) is 57.4 Å². The van der Waals surface area contributed by atoms with Crippen LogP contribution < -0.4 is 10.9 Å². The maximum atomic E-state index is 13.5. The number of rotatable bonds is 12. The van der Waals surface area contributed by atoms with E-state index in [-0.39, 0.29) is 17.2 Å². The van der Waals surface area contributed by atoms with Crippen molar-refractivity contribution in [2.75, 3.05) is 58.9 Å². The van der Waals surface area contributed by atoms with Crippen LogP contribution in [0.2, 0.25) is 0 Å². The second kappa shape index (κ2) is 16.0. The number of hydrazine groups is 1. The molecule has 1 aromatic carbocycles. The topological polar surface area (TPSA) is 119 Å². The van der Waals surface area contributed by atoms with Crippen LogP contribution in [0, 0.1) is 17.3 Å². The maximum absolute atomic E-state index is 13.5. The van der Waals surface area contributed by atoms with E-state index in [2.05, 4.69) is 70.8 Å². The second-order valence-corrected chi connectivity index (χ2v) is 16.5. The SMILES string of the molecule is CCCNNC(=O)c1ccc(C2CCN(CC3CN(CC4CCC(c5cn(C(C(=O)N6CCC(O)C6)C(C)(C)C)nn5)CC4)C3)CC2)cc1. The quantitative estimate of drug-likeness (QED) is 0.226. The Bertz CT molecular complexity index is 1370. The van der Waals surface area contributed by atoms with Crippen molar-refractivity contribution in [3.8, 4) is 0 Å². The number of aromatic nitrogens is 3. The molecule has 2 atom stereocenters. The van der Waals surface area contributed by atoms with Crippen LogP contribution in [0.4, 0.5) is 0 Å². The summed E-state index contributed by atoms with van der Waals surface area (Å²) in [6.07, 6.45) is 10.3. The fourth-order valence-electron chi connectivity index (χ4n) is 8.61. The number of aliphatic hydroxyl groups is 1. The highest BCUT2D eigenvalue weighted by Crippen LogP contribution is 2.38. The molecule has 11 nitrogen and oxygen atoms in total. The zero-order valence-electron chi connectivity index (χ0n) is 30.3. The third-order valence-corrected chi connectivity index (χ3v) is 11.5. The van der Waals surface area contributed by atoms with Crippen LogP contribution in [0.3, 0.4) is 0 Å². The Kier molecular flexibility index (Phi) is 11.7. The van der Waals surface area contributed by atoms with Crippen LogP contribution in [0.1, 0.15) is 119 Å². The number of hydrogen-bond donors (Lipinski definition) is 3. The van der Waals surface area contributed by atoms with E-state index in [0.29, 0.717) is 36.9 Å². The van der Waals surface area contributed by atoms with Gasteiger partial charge in [0.2, 0.25) is 5.91 Å². The molecular weight excluding hydrogens is 616 g/mol. The number of carbonyl (C=O) groups excluding carboxylic acids is 2. The number of β-amino-alcohol motifs (C(OH)–C–C–N with tert-alkyl or cyclic N) is 1. The first-order chi connectivity index (χ1) is 23.6. The predicted octanol–water partition coefficient (Wildman–Crippen LogP) is 4.19. The van der Waals surface area contributed by atoms with Gasteiger partial charge in [0.1, 0.15) is 6.04 Å². The van der Waals surface area contributed by atoms with Crippen LogP contribution in [0.25, 0.3) is 0 Å². The summed E-state index contributed by atoms with van der Waals surface area (Å²) >= 11 is 0. The van der Waals surface area contributed by atoms with Crippen LogP contribution in [-0.2, 0) is 4.79 Å². The molecule has 1 aromatic heterocycles. The Morgan fingerprint density at radius 2 is 1.57 bits per heavy atom. The minimum Gasteiger partial charge on any atom is -0.391 e. The molecule has 49 heavy (non-hydrogen) atoms. The van der Waals surface area contributed by atoms with Gasteiger partial charge in [-0.1, -0.05) is 45.0 Å². The van der Waals surface area contributed by atoms with Gasteiger partial charge in [-0.15, -0.1) is 5.10 Å². The molecule has 2 unspecified atom stereocenters. The fourth-order valence-corrected chi connectivity index (χ4v) is 8.61. The Morgan fingerprint density at radius 3 is 2.20 bits per heavy atom. The van der Waals surface area contributed by atoms with Crippen molar-refractivity contribution in [1.29, 1.82) is 0 Å². The number of piperidine rings is 1. The van der Waals surface area contributed by atoms with Crippen molar-refractivity contribution in [2.24, 2.45) is 17.3 Å². The lowest BCUT2D eigenvalue weighted by Crippen LogP contribution is -2.53. The lowest BCUT2D eigenvalue weighted by Gasteiger charge is -2.45. The van der Waals surface area contributed by atoms with E-state index in [1.54, 1.807) is 9.58 Å². The van der Waals surface area contributed by atoms with Crippen molar-refractivity contribution in [2.45, 2.75) is 103 Å². The predicted molar refractivity (Wildman–Crippen MR) is 191 cm³/mol. The molecule has 1 aliphatic carbocycles. The first-order valence-electron chi connectivity index (χ1n) is 19.0. The van der Waals surface area contributed by atoms with Crippen molar-refractivity contribution >= 4 is 11.8 Å². The molecule has 6 rings (SSSR count). The van der Waals surface area contributed by atoms with E-state index in [1.807, 2.05) is 18.3 Å². The summed E-state index contributed by atoms with van der Waals surface area (Å²) in [6.45, 7) is 17.3. The minimum atomic E-state index is -0.427. The molecular formula is C38H60N8O3. The average molecular weight is 677 g/mol. The van der Waals surface area contributed by atoms with Crippen LogP contribution >= 0.6 is 0 Å². The van der Waals surface area contributed by atoms with Crippen molar-refractivity contribution in [3.05, 3.63) is 47.3 Å². The second-order valence-electron chi connectivity index (χ2n) is 16.5.